The lowest BCUT2D eigenvalue weighted by atomic mass is 10.2. The lowest BCUT2D eigenvalue weighted by molar-refractivity contribution is -0.122. The van der Waals surface area contributed by atoms with Crippen molar-refractivity contribution in [1.29, 1.82) is 0 Å². The Morgan fingerprint density at radius 3 is 2.70 bits per heavy atom. The number of nitrogens with one attached hydrogen (secondary N) is 1. The summed E-state index contributed by atoms with van der Waals surface area (Å²) in [4.78, 5) is 20.8. The predicted molar refractivity (Wildman–Crippen MR) is 108 cm³/mol. The van der Waals surface area contributed by atoms with Gasteiger partial charge in [0.2, 0.25) is 5.91 Å². The fraction of sp³-hybridized carbons (Fsp3) is 0.368. The highest BCUT2D eigenvalue weighted by Crippen LogP contribution is 2.26. The molecule has 0 aliphatic carbocycles. The van der Waals surface area contributed by atoms with Crippen LogP contribution in [0.5, 0.6) is 5.75 Å². The SMILES string of the molecule is COc1cccc(CNC(=O)CN2CCN(c3ncc(Cl)cc3Cl)CC2)c1. The molecule has 1 aliphatic heterocycles. The van der Waals surface area contributed by atoms with Crippen molar-refractivity contribution in [2.24, 2.45) is 0 Å². The van der Waals surface area contributed by atoms with Crippen LogP contribution in [0.2, 0.25) is 10.0 Å². The maximum absolute atomic E-state index is 12.2. The van der Waals surface area contributed by atoms with Crippen molar-refractivity contribution in [2.45, 2.75) is 6.54 Å². The molecule has 2 heterocycles. The number of rotatable bonds is 6. The van der Waals surface area contributed by atoms with Crippen molar-refractivity contribution in [3.63, 3.8) is 0 Å². The van der Waals surface area contributed by atoms with Crippen LogP contribution in [-0.4, -0.2) is 55.6 Å². The summed E-state index contributed by atoms with van der Waals surface area (Å²) in [5, 5.41) is 4.03. The molecule has 1 amide bonds. The molecule has 0 bridgehead atoms. The molecule has 1 N–H and O–H groups in total. The molecular weight excluding hydrogens is 387 g/mol. The van der Waals surface area contributed by atoms with Gasteiger partial charge in [0.25, 0.3) is 0 Å². The second kappa shape index (κ2) is 9.26. The van der Waals surface area contributed by atoms with Crippen molar-refractivity contribution < 1.29 is 9.53 Å². The Labute approximate surface area is 169 Å². The number of ether oxygens (including phenoxy) is 1. The Morgan fingerprint density at radius 1 is 1.22 bits per heavy atom. The van der Waals surface area contributed by atoms with Crippen LogP contribution in [0.15, 0.2) is 36.5 Å². The molecule has 0 radical (unpaired) electrons. The second-order valence-electron chi connectivity index (χ2n) is 6.35. The largest absolute Gasteiger partial charge is 0.497 e. The van der Waals surface area contributed by atoms with E-state index in [2.05, 4.69) is 20.1 Å². The highest BCUT2D eigenvalue weighted by Gasteiger charge is 2.21. The van der Waals surface area contributed by atoms with Gasteiger partial charge in [0, 0.05) is 38.9 Å². The maximum atomic E-state index is 12.2. The number of carbonyl (C=O) groups is 1. The highest BCUT2D eigenvalue weighted by atomic mass is 35.5. The van der Waals surface area contributed by atoms with Crippen molar-refractivity contribution >= 4 is 34.9 Å². The van der Waals surface area contributed by atoms with Gasteiger partial charge in [-0.15, -0.1) is 0 Å². The fourth-order valence-corrected chi connectivity index (χ4v) is 3.50. The molecule has 1 fully saturated rings. The van der Waals surface area contributed by atoms with Gasteiger partial charge in [0.15, 0.2) is 0 Å². The van der Waals surface area contributed by atoms with Gasteiger partial charge in [0.1, 0.15) is 11.6 Å². The summed E-state index contributed by atoms with van der Waals surface area (Å²) in [5.74, 6) is 1.53. The quantitative estimate of drug-likeness (QED) is 0.795. The molecule has 0 unspecified atom stereocenters. The number of halogens is 2. The molecule has 2 aromatic rings. The number of carbonyl (C=O) groups excluding carboxylic acids is 1. The standard InChI is InChI=1S/C19H22Cl2N4O2/c1-27-16-4-2-3-14(9-16)11-22-18(26)13-24-5-7-25(8-6-24)19-17(21)10-15(20)12-23-19/h2-4,9-10,12H,5-8,11,13H2,1H3,(H,22,26). The molecule has 0 spiro atoms. The van der Waals surface area contributed by atoms with E-state index in [1.165, 1.54) is 0 Å². The average Bonchev–Trinajstić information content (AvgIpc) is 2.67. The van der Waals surface area contributed by atoms with E-state index in [0.717, 1.165) is 43.3 Å². The Hall–Kier alpha value is -2.02. The molecule has 1 saturated heterocycles. The van der Waals surface area contributed by atoms with E-state index in [4.69, 9.17) is 27.9 Å². The molecule has 27 heavy (non-hydrogen) atoms. The fourth-order valence-electron chi connectivity index (χ4n) is 3.00. The number of amides is 1. The van der Waals surface area contributed by atoms with E-state index in [9.17, 15) is 4.79 Å². The number of piperazine rings is 1. The van der Waals surface area contributed by atoms with E-state index in [-0.39, 0.29) is 5.91 Å². The molecule has 1 aromatic heterocycles. The smallest absolute Gasteiger partial charge is 0.234 e. The summed E-state index contributed by atoms with van der Waals surface area (Å²) in [5.41, 5.74) is 1.01. The van der Waals surface area contributed by atoms with Crippen molar-refractivity contribution in [2.75, 3.05) is 44.7 Å². The Kier molecular flexibility index (Phi) is 6.77. The minimum atomic E-state index is 0.00826. The van der Waals surface area contributed by atoms with Gasteiger partial charge in [-0.1, -0.05) is 35.3 Å². The molecule has 0 atom stereocenters. The van der Waals surface area contributed by atoms with Crippen LogP contribution in [0.3, 0.4) is 0 Å². The van der Waals surface area contributed by atoms with Crippen LogP contribution in [0.25, 0.3) is 0 Å². The zero-order valence-electron chi connectivity index (χ0n) is 15.1. The Bertz CT molecular complexity index is 795. The summed E-state index contributed by atoms with van der Waals surface area (Å²) in [6, 6.07) is 9.37. The first kappa shape index (κ1) is 19.7. The lowest BCUT2D eigenvalue weighted by Crippen LogP contribution is -2.49. The first-order valence-electron chi connectivity index (χ1n) is 8.73. The molecule has 144 valence electrons. The van der Waals surface area contributed by atoms with Crippen molar-refractivity contribution in [3.8, 4) is 5.75 Å². The molecule has 1 aliphatic rings. The molecule has 0 saturated carbocycles. The normalized spacial score (nSPS) is 14.9. The van der Waals surface area contributed by atoms with Crippen LogP contribution in [-0.2, 0) is 11.3 Å². The average molecular weight is 409 g/mol. The number of nitrogens with zero attached hydrogens (tertiary/aromatic N) is 3. The molecule has 1 aromatic carbocycles. The number of benzene rings is 1. The van der Waals surface area contributed by atoms with Gasteiger partial charge in [0.05, 0.1) is 23.7 Å². The van der Waals surface area contributed by atoms with Gasteiger partial charge in [-0.3, -0.25) is 9.69 Å². The summed E-state index contributed by atoms with van der Waals surface area (Å²) in [6.07, 6.45) is 1.60. The third-order valence-corrected chi connectivity index (χ3v) is 4.94. The third kappa shape index (κ3) is 5.48. The zero-order valence-corrected chi connectivity index (χ0v) is 16.6. The summed E-state index contributed by atoms with van der Waals surface area (Å²) in [7, 11) is 1.63. The minimum Gasteiger partial charge on any atom is -0.497 e. The van der Waals surface area contributed by atoms with Gasteiger partial charge in [-0.25, -0.2) is 4.98 Å². The van der Waals surface area contributed by atoms with E-state index in [1.807, 2.05) is 24.3 Å². The first-order chi connectivity index (χ1) is 13.0. The number of hydrogen-bond donors (Lipinski definition) is 1. The number of methoxy groups -OCH3 is 1. The number of pyridine rings is 1. The van der Waals surface area contributed by atoms with Crippen molar-refractivity contribution in [3.05, 3.63) is 52.1 Å². The highest BCUT2D eigenvalue weighted by molar-refractivity contribution is 6.36. The number of anilines is 1. The van der Waals surface area contributed by atoms with Gasteiger partial charge >= 0.3 is 0 Å². The van der Waals surface area contributed by atoms with Crippen LogP contribution in [0.1, 0.15) is 5.56 Å². The zero-order chi connectivity index (χ0) is 19.2. The first-order valence-corrected chi connectivity index (χ1v) is 9.48. The van der Waals surface area contributed by atoms with Gasteiger partial charge in [-0.05, 0) is 23.8 Å². The van der Waals surface area contributed by atoms with Crippen LogP contribution in [0, 0.1) is 0 Å². The summed E-state index contributed by atoms with van der Waals surface area (Å²) >= 11 is 12.1. The Morgan fingerprint density at radius 2 is 2.00 bits per heavy atom. The van der Waals surface area contributed by atoms with Crippen molar-refractivity contribution in [1.82, 2.24) is 15.2 Å². The topological polar surface area (TPSA) is 57.7 Å². The predicted octanol–water partition coefficient (Wildman–Crippen LogP) is 2.84. The van der Waals surface area contributed by atoms with E-state index < -0.39 is 0 Å². The monoisotopic (exact) mass is 408 g/mol. The van der Waals surface area contributed by atoms with Crippen LogP contribution < -0.4 is 15.0 Å². The third-order valence-electron chi connectivity index (χ3n) is 4.45. The lowest BCUT2D eigenvalue weighted by Gasteiger charge is -2.35. The van der Waals surface area contributed by atoms with Gasteiger partial charge in [-0.2, -0.15) is 0 Å². The van der Waals surface area contributed by atoms with Crippen LogP contribution >= 0.6 is 23.2 Å². The van der Waals surface area contributed by atoms with E-state index in [1.54, 1.807) is 19.4 Å². The number of hydrogen-bond acceptors (Lipinski definition) is 5. The second-order valence-corrected chi connectivity index (χ2v) is 7.19. The van der Waals surface area contributed by atoms with Crippen LogP contribution in [0.4, 0.5) is 5.82 Å². The molecule has 6 nitrogen and oxygen atoms in total. The molecular formula is C19H22Cl2N4O2. The minimum absolute atomic E-state index is 0.00826. The van der Waals surface area contributed by atoms with Gasteiger partial charge < -0.3 is 15.0 Å². The molecule has 8 heteroatoms. The molecule has 3 rings (SSSR count). The summed E-state index contributed by atoms with van der Waals surface area (Å²) < 4.78 is 5.20. The van der Waals surface area contributed by atoms with E-state index >= 15 is 0 Å². The number of aromatic nitrogens is 1. The summed E-state index contributed by atoms with van der Waals surface area (Å²) in [6.45, 7) is 3.93. The Balaban J connectivity index is 1.45. The van der Waals surface area contributed by atoms with E-state index in [0.29, 0.717) is 23.1 Å². The maximum Gasteiger partial charge on any atom is 0.234 e.